The molecule has 0 amide bonds. The average Bonchev–Trinajstić information content (AvgIpc) is 2.50. The minimum atomic E-state index is -0.665. The number of rotatable bonds is 16. The van der Waals surface area contributed by atoms with Crippen LogP contribution in [0.1, 0.15) is 96.8 Å². The van der Waals surface area contributed by atoms with E-state index < -0.39 is 5.97 Å². The van der Waals surface area contributed by atoms with Gasteiger partial charge in [0.25, 0.3) is 0 Å². The summed E-state index contributed by atoms with van der Waals surface area (Å²) in [4.78, 5) is 10.3. The van der Waals surface area contributed by atoms with E-state index in [2.05, 4.69) is 31.2 Å². The van der Waals surface area contributed by atoms with Gasteiger partial charge in [-0.25, -0.2) is 0 Å². The van der Waals surface area contributed by atoms with Crippen LogP contribution in [0.4, 0.5) is 0 Å². The molecule has 0 rings (SSSR count). The number of carboxylic acids is 1. The summed E-state index contributed by atoms with van der Waals surface area (Å²) in [5, 5.41) is 8.53. The SMILES string of the molecule is CCCC/C=C/CCC/C=C/CCCCCCCCC(=O)O. The predicted molar refractivity (Wildman–Crippen MR) is 96.2 cm³/mol. The van der Waals surface area contributed by atoms with Crippen LogP contribution in [0.5, 0.6) is 0 Å². The van der Waals surface area contributed by atoms with Gasteiger partial charge in [-0.3, -0.25) is 4.79 Å². The lowest BCUT2D eigenvalue weighted by Crippen LogP contribution is -1.93. The van der Waals surface area contributed by atoms with Crippen molar-refractivity contribution in [1.82, 2.24) is 0 Å². The van der Waals surface area contributed by atoms with Crippen LogP contribution in [-0.4, -0.2) is 11.1 Å². The summed E-state index contributed by atoms with van der Waals surface area (Å²) >= 11 is 0. The molecule has 0 aromatic carbocycles. The minimum absolute atomic E-state index is 0.330. The second kappa shape index (κ2) is 18.0. The third-order valence-electron chi connectivity index (χ3n) is 3.81. The van der Waals surface area contributed by atoms with E-state index in [4.69, 9.17) is 5.11 Å². The van der Waals surface area contributed by atoms with E-state index in [1.165, 1.54) is 70.6 Å². The second-order valence-corrected chi connectivity index (χ2v) is 6.07. The Morgan fingerprint density at radius 2 is 1.14 bits per heavy atom. The van der Waals surface area contributed by atoms with Gasteiger partial charge in [-0.15, -0.1) is 0 Å². The molecule has 128 valence electrons. The lowest BCUT2D eigenvalue weighted by molar-refractivity contribution is -0.137. The van der Waals surface area contributed by atoms with Crippen LogP contribution < -0.4 is 0 Å². The molecule has 0 radical (unpaired) electrons. The molecule has 2 nitrogen and oxygen atoms in total. The van der Waals surface area contributed by atoms with Crippen molar-refractivity contribution < 1.29 is 9.90 Å². The summed E-state index contributed by atoms with van der Waals surface area (Å²) in [5.41, 5.74) is 0. The number of allylic oxidation sites excluding steroid dienone is 4. The fourth-order valence-corrected chi connectivity index (χ4v) is 2.39. The predicted octanol–water partition coefficient (Wildman–Crippen LogP) is 6.66. The summed E-state index contributed by atoms with van der Waals surface area (Å²) < 4.78 is 0. The van der Waals surface area contributed by atoms with Crippen molar-refractivity contribution in [2.24, 2.45) is 0 Å². The Labute approximate surface area is 137 Å². The Kier molecular flexibility index (Phi) is 17.1. The Morgan fingerprint density at radius 1 is 0.682 bits per heavy atom. The van der Waals surface area contributed by atoms with Gasteiger partial charge in [0.05, 0.1) is 0 Å². The molecule has 0 atom stereocenters. The number of hydrogen-bond donors (Lipinski definition) is 1. The summed E-state index contributed by atoms with van der Waals surface area (Å²) in [7, 11) is 0. The maximum Gasteiger partial charge on any atom is 0.303 e. The number of aliphatic carboxylic acids is 1. The molecule has 0 heterocycles. The molecule has 0 spiro atoms. The van der Waals surface area contributed by atoms with Gasteiger partial charge in [0.15, 0.2) is 0 Å². The first-order valence-corrected chi connectivity index (χ1v) is 9.29. The van der Waals surface area contributed by atoms with Gasteiger partial charge in [-0.05, 0) is 44.9 Å². The minimum Gasteiger partial charge on any atom is -0.481 e. The largest absolute Gasteiger partial charge is 0.481 e. The van der Waals surface area contributed by atoms with E-state index in [9.17, 15) is 4.79 Å². The molecule has 22 heavy (non-hydrogen) atoms. The summed E-state index contributed by atoms with van der Waals surface area (Å²) in [5.74, 6) is -0.665. The highest BCUT2D eigenvalue weighted by Gasteiger charge is 1.96. The maximum absolute atomic E-state index is 10.3. The molecule has 0 fully saturated rings. The molecule has 1 N–H and O–H groups in total. The molecular formula is C20H36O2. The lowest BCUT2D eigenvalue weighted by Gasteiger charge is -1.99. The van der Waals surface area contributed by atoms with Crippen LogP contribution in [-0.2, 0) is 4.79 Å². The normalized spacial score (nSPS) is 11.7. The van der Waals surface area contributed by atoms with Crippen molar-refractivity contribution in [3.05, 3.63) is 24.3 Å². The third kappa shape index (κ3) is 18.9. The zero-order valence-corrected chi connectivity index (χ0v) is 14.6. The molecule has 0 aliphatic rings. The quantitative estimate of drug-likeness (QED) is 0.255. The highest BCUT2D eigenvalue weighted by molar-refractivity contribution is 5.66. The Hall–Kier alpha value is -1.05. The van der Waals surface area contributed by atoms with Gasteiger partial charge in [0.2, 0.25) is 0 Å². The van der Waals surface area contributed by atoms with Crippen LogP contribution in [0.3, 0.4) is 0 Å². The molecule has 0 saturated heterocycles. The van der Waals surface area contributed by atoms with E-state index in [-0.39, 0.29) is 0 Å². The fourth-order valence-electron chi connectivity index (χ4n) is 2.39. The third-order valence-corrected chi connectivity index (χ3v) is 3.81. The van der Waals surface area contributed by atoms with E-state index in [1.807, 2.05) is 0 Å². The molecule has 2 heteroatoms. The molecule has 0 bridgehead atoms. The van der Waals surface area contributed by atoms with Gasteiger partial charge < -0.3 is 5.11 Å². The van der Waals surface area contributed by atoms with Crippen molar-refractivity contribution >= 4 is 5.97 Å². The van der Waals surface area contributed by atoms with Gasteiger partial charge in [-0.1, -0.05) is 69.8 Å². The first kappa shape index (κ1) is 20.9. The van der Waals surface area contributed by atoms with Crippen molar-refractivity contribution in [3.63, 3.8) is 0 Å². The molecule has 0 unspecified atom stereocenters. The summed E-state index contributed by atoms with van der Waals surface area (Å²) in [6, 6.07) is 0. The summed E-state index contributed by atoms with van der Waals surface area (Å²) in [6.45, 7) is 2.23. The fraction of sp³-hybridized carbons (Fsp3) is 0.750. The molecule has 0 aliphatic carbocycles. The van der Waals surface area contributed by atoms with E-state index >= 15 is 0 Å². The molecular weight excluding hydrogens is 272 g/mol. The van der Waals surface area contributed by atoms with Crippen LogP contribution in [0.2, 0.25) is 0 Å². The maximum atomic E-state index is 10.3. The topological polar surface area (TPSA) is 37.3 Å². The standard InChI is InChI=1S/C20H36O2/c1-2-3-4-5-6-7-8-9-10-11-12-13-14-15-16-17-18-19-20(21)22/h5-6,10-11H,2-4,7-9,12-19H2,1H3,(H,21,22)/b6-5+,11-10+. The van der Waals surface area contributed by atoms with Crippen LogP contribution in [0.15, 0.2) is 24.3 Å². The Balaban J connectivity index is 3.14. The number of hydrogen-bond acceptors (Lipinski definition) is 1. The number of carboxylic acid groups (broad SMARTS) is 1. The lowest BCUT2D eigenvalue weighted by atomic mass is 10.1. The van der Waals surface area contributed by atoms with Gasteiger partial charge >= 0.3 is 5.97 Å². The first-order valence-electron chi connectivity index (χ1n) is 9.29. The molecule has 0 aliphatic heterocycles. The highest BCUT2D eigenvalue weighted by atomic mass is 16.4. The van der Waals surface area contributed by atoms with Crippen molar-refractivity contribution in [3.8, 4) is 0 Å². The van der Waals surface area contributed by atoms with Crippen LogP contribution in [0, 0.1) is 0 Å². The van der Waals surface area contributed by atoms with Crippen LogP contribution >= 0.6 is 0 Å². The van der Waals surface area contributed by atoms with Crippen molar-refractivity contribution in [1.29, 1.82) is 0 Å². The molecule has 0 aromatic rings. The number of carbonyl (C=O) groups is 1. The van der Waals surface area contributed by atoms with E-state index in [1.54, 1.807) is 0 Å². The first-order chi connectivity index (χ1) is 10.8. The van der Waals surface area contributed by atoms with Gasteiger partial charge in [0.1, 0.15) is 0 Å². The monoisotopic (exact) mass is 308 g/mol. The zero-order chi connectivity index (χ0) is 16.3. The van der Waals surface area contributed by atoms with Gasteiger partial charge in [0, 0.05) is 6.42 Å². The Bertz CT molecular complexity index is 292. The Morgan fingerprint density at radius 3 is 1.68 bits per heavy atom. The highest BCUT2D eigenvalue weighted by Crippen LogP contribution is 2.09. The second-order valence-electron chi connectivity index (χ2n) is 6.07. The van der Waals surface area contributed by atoms with Crippen molar-refractivity contribution in [2.45, 2.75) is 96.8 Å². The average molecular weight is 309 g/mol. The number of unbranched alkanes of at least 4 members (excludes halogenated alkanes) is 10. The van der Waals surface area contributed by atoms with Gasteiger partial charge in [-0.2, -0.15) is 0 Å². The van der Waals surface area contributed by atoms with E-state index in [0.29, 0.717) is 6.42 Å². The molecule has 0 saturated carbocycles. The van der Waals surface area contributed by atoms with E-state index in [0.717, 1.165) is 12.8 Å². The molecule has 0 aromatic heterocycles. The van der Waals surface area contributed by atoms with Crippen LogP contribution in [0.25, 0.3) is 0 Å². The zero-order valence-electron chi connectivity index (χ0n) is 14.6. The summed E-state index contributed by atoms with van der Waals surface area (Å²) in [6.07, 6.45) is 25.2. The van der Waals surface area contributed by atoms with Crippen molar-refractivity contribution in [2.75, 3.05) is 0 Å². The smallest absolute Gasteiger partial charge is 0.303 e.